The highest BCUT2D eigenvalue weighted by atomic mass is 35.5. The van der Waals surface area contributed by atoms with Gasteiger partial charge in [0.1, 0.15) is 6.54 Å². The van der Waals surface area contributed by atoms with Crippen molar-refractivity contribution in [2.45, 2.75) is 13.5 Å². The first-order valence-electron chi connectivity index (χ1n) is 8.24. The molecule has 4 nitrogen and oxygen atoms in total. The van der Waals surface area contributed by atoms with E-state index in [0.29, 0.717) is 22.3 Å². The quantitative estimate of drug-likeness (QED) is 0.774. The molecule has 0 aliphatic rings. The Labute approximate surface area is 159 Å². The number of nitrogens with one attached hydrogen (secondary N) is 2. The van der Waals surface area contributed by atoms with Crippen molar-refractivity contribution in [3.63, 3.8) is 0 Å². The molecule has 0 spiro atoms. The number of hydrogen-bond donors (Lipinski definition) is 2. The van der Waals surface area contributed by atoms with E-state index in [9.17, 15) is 4.79 Å². The molecule has 0 aliphatic heterocycles. The van der Waals surface area contributed by atoms with Crippen LogP contribution in [-0.2, 0) is 11.3 Å². The van der Waals surface area contributed by atoms with Crippen LogP contribution in [0.25, 0.3) is 0 Å². The minimum Gasteiger partial charge on any atom is -0.378 e. The number of likely N-dealkylation sites (N-methyl/N-ethyl adjacent to an activating group) is 1. The van der Waals surface area contributed by atoms with E-state index in [1.54, 1.807) is 18.2 Å². The van der Waals surface area contributed by atoms with Gasteiger partial charge >= 0.3 is 0 Å². The largest absolute Gasteiger partial charge is 0.378 e. The second-order valence-corrected chi connectivity index (χ2v) is 6.98. The van der Waals surface area contributed by atoms with E-state index >= 15 is 0 Å². The standard InChI is InChI=1S/C19H23Cl2N3O/c1-4-24(12-14-8-10-15(11-9-14)23(2)3)13-18(25)22-19-16(20)6-5-7-17(19)21/h5-11H,4,12-13H2,1-3H3,(H,22,25)/p+1. The van der Waals surface area contributed by atoms with E-state index in [-0.39, 0.29) is 5.91 Å². The molecular weight excluding hydrogens is 357 g/mol. The van der Waals surface area contributed by atoms with Crippen molar-refractivity contribution in [1.82, 2.24) is 0 Å². The molecule has 2 aromatic rings. The van der Waals surface area contributed by atoms with Gasteiger partial charge in [-0.3, -0.25) is 4.79 Å². The van der Waals surface area contributed by atoms with Gasteiger partial charge in [0.15, 0.2) is 6.54 Å². The van der Waals surface area contributed by atoms with Crippen molar-refractivity contribution in [2.75, 3.05) is 37.4 Å². The average Bonchev–Trinajstić information content (AvgIpc) is 2.58. The molecule has 0 bridgehead atoms. The highest BCUT2D eigenvalue weighted by molar-refractivity contribution is 6.39. The van der Waals surface area contributed by atoms with Crippen molar-refractivity contribution in [3.05, 3.63) is 58.1 Å². The first-order valence-corrected chi connectivity index (χ1v) is 9.00. The topological polar surface area (TPSA) is 36.8 Å². The number of quaternary nitrogens is 1. The molecule has 0 radical (unpaired) electrons. The Morgan fingerprint density at radius 2 is 1.68 bits per heavy atom. The second-order valence-electron chi connectivity index (χ2n) is 6.16. The summed E-state index contributed by atoms with van der Waals surface area (Å²) >= 11 is 12.2. The van der Waals surface area contributed by atoms with E-state index < -0.39 is 0 Å². The third kappa shape index (κ3) is 5.63. The van der Waals surface area contributed by atoms with Crippen molar-refractivity contribution in [2.24, 2.45) is 0 Å². The van der Waals surface area contributed by atoms with E-state index in [1.165, 1.54) is 10.5 Å². The predicted octanol–water partition coefficient (Wildman–Crippen LogP) is 3.10. The first kappa shape index (κ1) is 19.6. The Morgan fingerprint density at radius 1 is 1.08 bits per heavy atom. The van der Waals surface area contributed by atoms with E-state index in [1.807, 2.05) is 14.1 Å². The number of amides is 1. The number of anilines is 2. The molecule has 0 aromatic heterocycles. The Bertz CT molecular complexity index is 697. The van der Waals surface area contributed by atoms with Crippen LogP contribution in [-0.4, -0.2) is 33.1 Å². The van der Waals surface area contributed by atoms with Crippen LogP contribution in [0.5, 0.6) is 0 Å². The Balaban J connectivity index is 1.98. The van der Waals surface area contributed by atoms with Crippen LogP contribution >= 0.6 is 23.2 Å². The summed E-state index contributed by atoms with van der Waals surface area (Å²) in [5, 5.41) is 3.71. The SMILES string of the molecule is CC[NH+](CC(=O)Nc1c(Cl)cccc1Cl)Cc1ccc(N(C)C)cc1. The molecule has 134 valence electrons. The summed E-state index contributed by atoms with van der Waals surface area (Å²) in [6.45, 7) is 4.06. The lowest BCUT2D eigenvalue weighted by Crippen LogP contribution is -3.11. The maximum absolute atomic E-state index is 12.4. The number of para-hydroxylation sites is 1. The molecule has 1 unspecified atom stereocenters. The lowest BCUT2D eigenvalue weighted by atomic mass is 10.2. The smallest absolute Gasteiger partial charge is 0.279 e. The summed E-state index contributed by atoms with van der Waals surface area (Å²) in [4.78, 5) is 15.6. The molecule has 0 aliphatic carbocycles. The van der Waals surface area contributed by atoms with Gasteiger partial charge < -0.3 is 15.1 Å². The monoisotopic (exact) mass is 380 g/mol. The van der Waals surface area contributed by atoms with E-state index in [4.69, 9.17) is 23.2 Å². The first-order chi connectivity index (χ1) is 11.9. The number of carbonyl (C=O) groups is 1. The predicted molar refractivity (Wildman–Crippen MR) is 106 cm³/mol. The molecule has 6 heteroatoms. The van der Waals surface area contributed by atoms with Gasteiger partial charge in [-0.2, -0.15) is 0 Å². The summed E-state index contributed by atoms with van der Waals surface area (Å²) in [7, 11) is 4.03. The number of rotatable bonds is 7. The van der Waals surface area contributed by atoms with Gasteiger partial charge in [-0.05, 0) is 31.2 Å². The van der Waals surface area contributed by atoms with Crippen LogP contribution < -0.4 is 15.1 Å². The summed E-state index contributed by atoms with van der Waals surface area (Å²) in [5.74, 6) is -0.100. The molecular formula is C19H24Cl2N3O+. The summed E-state index contributed by atoms with van der Waals surface area (Å²) in [6.07, 6.45) is 0. The van der Waals surface area contributed by atoms with E-state index in [2.05, 4.69) is 41.4 Å². The second kappa shape index (κ2) is 9.09. The number of benzene rings is 2. The van der Waals surface area contributed by atoms with Crippen LogP contribution in [0.3, 0.4) is 0 Å². The summed E-state index contributed by atoms with van der Waals surface area (Å²) in [6, 6.07) is 13.6. The molecule has 0 heterocycles. The van der Waals surface area contributed by atoms with Gasteiger partial charge in [-0.15, -0.1) is 0 Å². The fraction of sp³-hybridized carbons (Fsp3) is 0.316. The highest BCUT2D eigenvalue weighted by Crippen LogP contribution is 2.29. The van der Waals surface area contributed by atoms with Crippen LogP contribution in [0.1, 0.15) is 12.5 Å². The highest BCUT2D eigenvalue weighted by Gasteiger charge is 2.16. The zero-order valence-electron chi connectivity index (χ0n) is 14.8. The summed E-state index contributed by atoms with van der Waals surface area (Å²) in [5.41, 5.74) is 2.83. The Kier molecular flexibility index (Phi) is 7.12. The minimum absolute atomic E-state index is 0.100. The Morgan fingerprint density at radius 3 is 2.20 bits per heavy atom. The lowest BCUT2D eigenvalue weighted by molar-refractivity contribution is -0.903. The maximum atomic E-state index is 12.4. The van der Waals surface area contributed by atoms with Crippen LogP contribution in [0.2, 0.25) is 10.0 Å². The molecule has 2 rings (SSSR count). The van der Waals surface area contributed by atoms with Crippen molar-refractivity contribution < 1.29 is 9.69 Å². The van der Waals surface area contributed by atoms with Gasteiger partial charge in [0.25, 0.3) is 5.91 Å². The minimum atomic E-state index is -0.100. The molecule has 2 N–H and O–H groups in total. The van der Waals surface area contributed by atoms with Crippen LogP contribution in [0.4, 0.5) is 11.4 Å². The van der Waals surface area contributed by atoms with Crippen LogP contribution in [0, 0.1) is 0 Å². The maximum Gasteiger partial charge on any atom is 0.279 e. The Hall–Kier alpha value is -1.75. The van der Waals surface area contributed by atoms with Crippen molar-refractivity contribution in [1.29, 1.82) is 0 Å². The fourth-order valence-corrected chi connectivity index (χ4v) is 3.03. The molecule has 0 saturated carbocycles. The van der Waals surface area contributed by atoms with Crippen LogP contribution in [0.15, 0.2) is 42.5 Å². The van der Waals surface area contributed by atoms with Gasteiger partial charge in [0.2, 0.25) is 0 Å². The van der Waals surface area contributed by atoms with Gasteiger partial charge in [0, 0.05) is 25.3 Å². The number of nitrogens with zero attached hydrogens (tertiary/aromatic N) is 1. The van der Waals surface area contributed by atoms with Gasteiger partial charge in [-0.25, -0.2) is 0 Å². The summed E-state index contributed by atoms with van der Waals surface area (Å²) < 4.78 is 0. The van der Waals surface area contributed by atoms with Crippen molar-refractivity contribution >= 4 is 40.5 Å². The third-order valence-electron chi connectivity index (χ3n) is 4.04. The zero-order chi connectivity index (χ0) is 18.4. The third-order valence-corrected chi connectivity index (χ3v) is 4.67. The average molecular weight is 381 g/mol. The molecule has 0 saturated heterocycles. The number of hydrogen-bond acceptors (Lipinski definition) is 2. The number of carbonyl (C=O) groups excluding carboxylic acids is 1. The van der Waals surface area contributed by atoms with Gasteiger partial charge in [0.05, 0.1) is 22.3 Å². The molecule has 25 heavy (non-hydrogen) atoms. The molecule has 0 fully saturated rings. The van der Waals surface area contributed by atoms with Crippen molar-refractivity contribution in [3.8, 4) is 0 Å². The lowest BCUT2D eigenvalue weighted by Gasteiger charge is -2.19. The normalized spacial score (nSPS) is 11.9. The molecule has 1 amide bonds. The van der Waals surface area contributed by atoms with E-state index in [0.717, 1.165) is 18.8 Å². The fourth-order valence-electron chi connectivity index (χ4n) is 2.54. The zero-order valence-corrected chi connectivity index (χ0v) is 16.3. The molecule has 1 atom stereocenters. The number of halogens is 2. The van der Waals surface area contributed by atoms with Gasteiger partial charge in [-0.1, -0.05) is 41.4 Å². The molecule has 2 aromatic carbocycles.